The summed E-state index contributed by atoms with van der Waals surface area (Å²) in [5.74, 6) is 1.32. The summed E-state index contributed by atoms with van der Waals surface area (Å²) >= 11 is 0. The number of hydrogen-bond acceptors (Lipinski definition) is 1. The number of ether oxygens (including phenoxy) is 1. The molecular weight excluding hydrogens is 537 g/mol. The molecule has 2 heteroatoms. The molecule has 1 nitrogen and oxygen atoms in total. The van der Waals surface area contributed by atoms with Crippen molar-refractivity contribution in [1.29, 1.82) is 0 Å². The minimum atomic E-state index is -2.46. The average molecular weight is 574 g/mol. The third-order valence-electron chi connectivity index (χ3n) is 9.55. The van der Waals surface area contributed by atoms with Crippen LogP contribution in [0.25, 0.3) is 44.5 Å². The van der Waals surface area contributed by atoms with Crippen molar-refractivity contribution in [2.24, 2.45) is 0 Å². The number of para-hydroxylation sites is 2. The monoisotopic (exact) mass is 573 g/mol. The van der Waals surface area contributed by atoms with Crippen molar-refractivity contribution < 1.29 is 8.85 Å². The van der Waals surface area contributed by atoms with E-state index >= 15 is 0 Å². The van der Waals surface area contributed by atoms with Gasteiger partial charge in [0.15, 0.2) is 0 Å². The second-order valence-electron chi connectivity index (χ2n) is 12.4. The molecule has 8 rings (SSSR count). The molecule has 208 valence electrons. The van der Waals surface area contributed by atoms with Crippen molar-refractivity contribution in [2.45, 2.75) is 32.3 Å². The summed E-state index contributed by atoms with van der Waals surface area (Å²) in [6, 6.07) is 46.8. The van der Waals surface area contributed by atoms with Crippen LogP contribution < -0.4 is 15.1 Å². The molecule has 1 heterocycles. The Labute approximate surface area is 259 Å². The Kier molecular flexibility index (Phi) is 5.01. The Bertz CT molecular complexity index is 2170. The summed E-state index contributed by atoms with van der Waals surface area (Å²) in [6.45, 7) is 4.27. The molecule has 6 aromatic rings. The third kappa shape index (κ3) is 3.83. The van der Waals surface area contributed by atoms with E-state index in [1.807, 2.05) is 43.3 Å². The van der Waals surface area contributed by atoms with Crippen molar-refractivity contribution >= 4 is 18.4 Å². The lowest BCUT2D eigenvalue weighted by Gasteiger charge is -2.38. The summed E-state index contributed by atoms with van der Waals surface area (Å²) in [4.78, 5) is 0. The molecule has 1 atom stereocenters. The predicted octanol–water partition coefficient (Wildman–Crippen LogP) is 9.92. The molecule has 0 aromatic heterocycles. The van der Waals surface area contributed by atoms with E-state index in [0.717, 1.165) is 10.8 Å². The molecule has 0 fully saturated rings. The molecule has 2 aliphatic rings. The molecule has 0 radical (unpaired) electrons. The average Bonchev–Trinajstić information content (AvgIpc) is 3.07. The van der Waals surface area contributed by atoms with Crippen LogP contribution in [-0.2, 0) is 5.41 Å². The van der Waals surface area contributed by atoms with Gasteiger partial charge >= 0.3 is 0 Å². The highest BCUT2D eigenvalue weighted by Crippen LogP contribution is 2.49. The zero-order valence-electron chi connectivity index (χ0n) is 27.6. The van der Waals surface area contributed by atoms with Crippen LogP contribution in [0.3, 0.4) is 0 Å². The van der Waals surface area contributed by atoms with Gasteiger partial charge in [0.2, 0.25) is 0 Å². The maximum Gasteiger partial charge on any atom is 0.131 e. The Morgan fingerprint density at radius 2 is 1.02 bits per heavy atom. The van der Waals surface area contributed by atoms with E-state index in [9.17, 15) is 0 Å². The summed E-state index contributed by atoms with van der Waals surface area (Å²) in [5, 5.41) is 2.36. The van der Waals surface area contributed by atoms with Crippen LogP contribution in [0.4, 0.5) is 0 Å². The molecule has 1 aliphatic carbocycles. The minimum Gasteiger partial charge on any atom is -0.457 e. The van der Waals surface area contributed by atoms with E-state index < -0.39 is 20.3 Å². The fourth-order valence-corrected chi connectivity index (χ4v) is 9.74. The van der Waals surface area contributed by atoms with Gasteiger partial charge in [0, 0.05) is 20.7 Å². The smallest absolute Gasteiger partial charge is 0.131 e. The second-order valence-corrected chi connectivity index (χ2v) is 16.8. The Morgan fingerprint density at radius 3 is 1.60 bits per heavy atom. The van der Waals surface area contributed by atoms with Crippen LogP contribution in [0.2, 0.25) is 13.1 Å². The molecule has 0 spiro atoms. The first kappa shape index (κ1) is 22.9. The maximum atomic E-state index is 8.69. The first-order valence-corrected chi connectivity index (χ1v) is 17.9. The van der Waals surface area contributed by atoms with E-state index in [-0.39, 0.29) is 0 Å². The van der Waals surface area contributed by atoms with Crippen LogP contribution in [0.5, 0.6) is 11.5 Å². The predicted molar refractivity (Wildman–Crippen MR) is 184 cm³/mol. The number of fused-ring (bicyclic) bond motifs is 10. The lowest BCUT2D eigenvalue weighted by atomic mass is 9.76. The van der Waals surface area contributed by atoms with Gasteiger partial charge in [0.1, 0.15) is 19.6 Å². The van der Waals surface area contributed by atoms with E-state index in [1.165, 1.54) is 49.7 Å². The standard InChI is InChI=1S/C41H34OSi/c1-41(2)36-20-11-12-22-38(36)42-40-37(41)21-13-23-39(40)43(3,4)27-24-25-34-32-18-8-7-16-30(32)28-14-5-6-15-29(28)31-17-9-10-19-33(31)35(34)26-27/h5-26H,1-4H3/i1D3. The zero-order chi connectivity index (χ0) is 31.8. The fraction of sp³-hybridized carbons (Fsp3) is 0.122. The van der Waals surface area contributed by atoms with Gasteiger partial charge in [-0.25, -0.2) is 0 Å². The first-order chi connectivity index (χ1) is 22.1. The molecular formula is C41H34OSi. The van der Waals surface area contributed by atoms with Gasteiger partial charge in [-0.2, -0.15) is 0 Å². The van der Waals surface area contributed by atoms with Crippen LogP contribution in [0.1, 0.15) is 29.0 Å². The Balaban J connectivity index is 1.36. The SMILES string of the molecule is [2H]C([2H])([2H])C1(C)c2ccccc2Oc2c1cccc2[Si](C)(C)c1ccc2c(c1)-c1ccccc1-c1ccccc1-c1ccccc1-2. The summed E-state index contributed by atoms with van der Waals surface area (Å²) in [7, 11) is -2.46. The van der Waals surface area contributed by atoms with Crippen LogP contribution in [0.15, 0.2) is 133 Å². The molecule has 0 amide bonds. The number of rotatable bonds is 2. The molecule has 6 aromatic carbocycles. The molecule has 0 N–H and O–H groups in total. The van der Waals surface area contributed by atoms with Crippen molar-refractivity contribution in [3.8, 4) is 56.0 Å². The molecule has 1 unspecified atom stereocenters. The molecule has 0 saturated heterocycles. The zero-order valence-corrected chi connectivity index (χ0v) is 25.6. The topological polar surface area (TPSA) is 9.23 Å². The van der Waals surface area contributed by atoms with Crippen LogP contribution in [0, 0.1) is 0 Å². The summed E-state index contributed by atoms with van der Waals surface area (Å²) < 4.78 is 32.7. The number of benzene rings is 6. The van der Waals surface area contributed by atoms with Gasteiger partial charge in [-0.3, -0.25) is 0 Å². The molecule has 0 saturated carbocycles. The third-order valence-corrected chi connectivity index (χ3v) is 13.0. The quantitative estimate of drug-likeness (QED) is 0.187. The van der Waals surface area contributed by atoms with Gasteiger partial charge < -0.3 is 4.74 Å². The Morgan fingerprint density at radius 1 is 0.535 bits per heavy atom. The molecule has 43 heavy (non-hydrogen) atoms. The summed E-state index contributed by atoms with van der Waals surface area (Å²) in [6.07, 6.45) is 0. The van der Waals surface area contributed by atoms with Crippen molar-refractivity contribution in [2.75, 3.05) is 0 Å². The van der Waals surface area contributed by atoms with Gasteiger partial charge in [-0.1, -0.05) is 159 Å². The van der Waals surface area contributed by atoms with E-state index in [2.05, 4.69) is 110 Å². The summed E-state index contributed by atoms with van der Waals surface area (Å²) in [5.41, 5.74) is 9.99. The molecule has 0 bridgehead atoms. The second kappa shape index (κ2) is 9.42. The largest absolute Gasteiger partial charge is 0.457 e. The lowest BCUT2D eigenvalue weighted by molar-refractivity contribution is 0.421. The van der Waals surface area contributed by atoms with Crippen molar-refractivity contribution in [3.05, 3.63) is 145 Å². The maximum absolute atomic E-state index is 8.69. The fourth-order valence-electron chi connectivity index (χ4n) is 7.16. The minimum absolute atomic E-state index is 0.619. The van der Waals surface area contributed by atoms with E-state index in [4.69, 9.17) is 8.85 Å². The first-order valence-electron chi connectivity index (χ1n) is 16.4. The van der Waals surface area contributed by atoms with Gasteiger partial charge in [0.05, 0.1) is 0 Å². The highest BCUT2D eigenvalue weighted by molar-refractivity contribution is 7.01. The lowest BCUT2D eigenvalue weighted by Crippen LogP contribution is -2.54. The van der Waals surface area contributed by atoms with Gasteiger partial charge in [-0.15, -0.1) is 0 Å². The van der Waals surface area contributed by atoms with Crippen LogP contribution in [-0.4, -0.2) is 8.07 Å². The number of hydrogen-bond donors (Lipinski definition) is 0. The van der Waals surface area contributed by atoms with Crippen LogP contribution >= 0.6 is 0 Å². The van der Waals surface area contributed by atoms with Crippen molar-refractivity contribution in [3.63, 3.8) is 0 Å². The van der Waals surface area contributed by atoms with Gasteiger partial charge in [-0.05, 0) is 55.8 Å². The normalized spacial score (nSPS) is 17.5. The van der Waals surface area contributed by atoms with E-state index in [1.54, 1.807) is 0 Å². The van der Waals surface area contributed by atoms with Crippen molar-refractivity contribution in [1.82, 2.24) is 0 Å². The molecule has 1 aliphatic heterocycles. The highest BCUT2D eigenvalue weighted by atomic mass is 28.3. The Hall–Kier alpha value is -4.66. The van der Waals surface area contributed by atoms with E-state index in [0.29, 0.717) is 17.1 Å². The highest BCUT2D eigenvalue weighted by Gasteiger charge is 2.39. The van der Waals surface area contributed by atoms with Gasteiger partial charge in [0.25, 0.3) is 0 Å².